The van der Waals surface area contributed by atoms with Gasteiger partial charge in [0.15, 0.2) is 0 Å². The molecule has 1 fully saturated rings. The van der Waals surface area contributed by atoms with Gasteiger partial charge in [0.1, 0.15) is 5.01 Å². The summed E-state index contributed by atoms with van der Waals surface area (Å²) < 4.78 is 6.43. The summed E-state index contributed by atoms with van der Waals surface area (Å²) >= 11 is 5.02. The van der Waals surface area contributed by atoms with E-state index in [1.807, 2.05) is 30.5 Å². The molecule has 0 atom stereocenters. The number of benzene rings is 2. The van der Waals surface area contributed by atoms with Crippen molar-refractivity contribution in [3.63, 3.8) is 0 Å². The molecule has 0 saturated carbocycles. The lowest BCUT2D eigenvalue weighted by Gasteiger charge is -2.26. The summed E-state index contributed by atoms with van der Waals surface area (Å²) in [6.45, 7) is 6.45. The topological polar surface area (TPSA) is 54.5 Å². The smallest absolute Gasteiger partial charge is 0.230 e. The van der Waals surface area contributed by atoms with E-state index in [2.05, 4.69) is 50.4 Å². The van der Waals surface area contributed by atoms with E-state index in [0.717, 1.165) is 64.8 Å². The fourth-order valence-corrected chi connectivity index (χ4v) is 4.76. The normalized spacial score (nSPS) is 14.6. The molecule has 0 spiro atoms. The van der Waals surface area contributed by atoms with Crippen molar-refractivity contribution in [3.8, 4) is 10.6 Å². The van der Waals surface area contributed by atoms with Gasteiger partial charge in [-0.25, -0.2) is 4.98 Å². The number of nitrogens with zero attached hydrogens (tertiary/aromatic N) is 2. The average molecular weight is 486 g/mol. The highest BCUT2D eigenvalue weighted by Gasteiger charge is 2.13. The first-order valence-electron chi connectivity index (χ1n) is 9.96. The minimum atomic E-state index is -0.0571. The quantitative estimate of drug-likeness (QED) is 0.539. The Morgan fingerprint density at radius 3 is 2.87 bits per heavy atom. The number of morpholine rings is 1. The summed E-state index contributed by atoms with van der Waals surface area (Å²) in [5, 5.41) is 5.89. The van der Waals surface area contributed by atoms with Gasteiger partial charge in [0.2, 0.25) is 5.91 Å². The number of anilines is 1. The number of rotatable bonds is 6. The molecule has 2 aromatic carbocycles. The third-order valence-electron chi connectivity index (χ3n) is 5.04. The molecule has 1 aromatic heterocycles. The zero-order valence-corrected chi connectivity index (χ0v) is 19.3. The second-order valence-corrected chi connectivity index (χ2v) is 9.19. The molecule has 1 saturated heterocycles. The van der Waals surface area contributed by atoms with Crippen molar-refractivity contribution < 1.29 is 9.53 Å². The molecule has 2 heterocycles. The number of carbonyl (C=O) groups excluding carboxylic acids is 1. The van der Waals surface area contributed by atoms with Gasteiger partial charge in [0, 0.05) is 40.7 Å². The zero-order valence-electron chi connectivity index (χ0n) is 16.9. The first kappa shape index (κ1) is 21.2. The van der Waals surface area contributed by atoms with Crippen molar-refractivity contribution in [2.75, 3.05) is 31.6 Å². The van der Waals surface area contributed by atoms with Crippen molar-refractivity contribution in [1.82, 2.24) is 9.88 Å². The molecule has 0 radical (unpaired) electrons. The lowest BCUT2D eigenvalue weighted by atomic mass is 10.1. The maximum Gasteiger partial charge on any atom is 0.230 e. The van der Waals surface area contributed by atoms with Crippen molar-refractivity contribution in [1.29, 1.82) is 0 Å². The van der Waals surface area contributed by atoms with Crippen LogP contribution in [0.3, 0.4) is 0 Å². The van der Waals surface area contributed by atoms with Gasteiger partial charge in [-0.05, 0) is 42.3 Å². The maximum atomic E-state index is 12.5. The number of hydrogen-bond acceptors (Lipinski definition) is 5. The van der Waals surface area contributed by atoms with Crippen LogP contribution < -0.4 is 5.32 Å². The number of thiazole rings is 1. The molecule has 1 aliphatic heterocycles. The van der Waals surface area contributed by atoms with Crippen LogP contribution in [-0.2, 0) is 22.5 Å². The van der Waals surface area contributed by atoms with Gasteiger partial charge < -0.3 is 10.1 Å². The standard InChI is InChI=1S/C23H24BrN3O2S/c1-16-11-19(24)5-6-21(16)26-22(28)13-20-15-30-23(25-20)18-4-2-3-17(12-18)14-27-7-9-29-10-8-27/h2-6,11-12,15H,7-10,13-14H2,1H3,(H,26,28). The number of hydrogen-bond donors (Lipinski definition) is 1. The van der Waals surface area contributed by atoms with Crippen molar-refractivity contribution >= 4 is 38.9 Å². The van der Waals surface area contributed by atoms with Crippen LogP contribution in [-0.4, -0.2) is 42.1 Å². The van der Waals surface area contributed by atoms with Crippen LogP contribution in [0.1, 0.15) is 16.8 Å². The highest BCUT2D eigenvalue weighted by molar-refractivity contribution is 9.10. The number of aromatic nitrogens is 1. The fourth-order valence-electron chi connectivity index (χ4n) is 3.47. The Labute approximate surface area is 189 Å². The highest BCUT2D eigenvalue weighted by Crippen LogP contribution is 2.26. The molecule has 0 bridgehead atoms. The molecule has 30 heavy (non-hydrogen) atoms. The van der Waals surface area contributed by atoms with Gasteiger partial charge in [-0.15, -0.1) is 11.3 Å². The number of nitrogens with one attached hydrogen (secondary N) is 1. The first-order valence-corrected chi connectivity index (χ1v) is 11.6. The van der Waals surface area contributed by atoms with Crippen LogP contribution in [0.5, 0.6) is 0 Å². The Balaban J connectivity index is 1.40. The van der Waals surface area contributed by atoms with Crippen LogP contribution >= 0.6 is 27.3 Å². The zero-order chi connectivity index (χ0) is 20.9. The maximum absolute atomic E-state index is 12.5. The molecule has 0 unspecified atom stereocenters. The molecule has 7 heteroatoms. The molecule has 1 aliphatic rings. The average Bonchev–Trinajstić information content (AvgIpc) is 3.19. The fraction of sp³-hybridized carbons (Fsp3) is 0.304. The van der Waals surface area contributed by atoms with E-state index in [1.165, 1.54) is 5.56 Å². The summed E-state index contributed by atoms with van der Waals surface area (Å²) in [5.41, 5.74) is 5.01. The number of carbonyl (C=O) groups is 1. The summed E-state index contributed by atoms with van der Waals surface area (Å²) in [6, 6.07) is 14.3. The predicted octanol–water partition coefficient (Wildman–Crippen LogP) is 4.89. The number of halogens is 1. The molecule has 1 N–H and O–H groups in total. The summed E-state index contributed by atoms with van der Waals surface area (Å²) in [6.07, 6.45) is 0.263. The molecule has 3 aromatic rings. The van der Waals surface area contributed by atoms with E-state index in [-0.39, 0.29) is 12.3 Å². The minimum absolute atomic E-state index is 0.0571. The van der Waals surface area contributed by atoms with Crippen molar-refractivity contribution in [3.05, 3.63) is 69.1 Å². The summed E-state index contributed by atoms with van der Waals surface area (Å²) in [5.74, 6) is -0.0571. The SMILES string of the molecule is Cc1cc(Br)ccc1NC(=O)Cc1csc(-c2cccc(CN3CCOCC3)c2)n1. The van der Waals surface area contributed by atoms with Gasteiger partial charge in [-0.2, -0.15) is 0 Å². The monoisotopic (exact) mass is 485 g/mol. The minimum Gasteiger partial charge on any atom is -0.379 e. The Hall–Kier alpha value is -2.06. The number of amides is 1. The van der Waals surface area contributed by atoms with Crippen molar-refractivity contribution in [2.45, 2.75) is 19.9 Å². The van der Waals surface area contributed by atoms with E-state index in [4.69, 9.17) is 9.72 Å². The van der Waals surface area contributed by atoms with Gasteiger partial charge in [0.05, 0.1) is 25.3 Å². The van der Waals surface area contributed by atoms with Gasteiger partial charge in [-0.3, -0.25) is 9.69 Å². The van der Waals surface area contributed by atoms with Gasteiger partial charge in [0.25, 0.3) is 0 Å². The summed E-state index contributed by atoms with van der Waals surface area (Å²) in [7, 11) is 0. The number of ether oxygens (including phenoxy) is 1. The van der Waals surface area contributed by atoms with Gasteiger partial charge in [-0.1, -0.05) is 34.1 Å². The lowest BCUT2D eigenvalue weighted by Crippen LogP contribution is -2.35. The lowest BCUT2D eigenvalue weighted by molar-refractivity contribution is -0.115. The first-order chi connectivity index (χ1) is 14.6. The Kier molecular flexibility index (Phi) is 6.94. The molecular weight excluding hydrogens is 462 g/mol. The van der Waals surface area contributed by atoms with E-state index in [9.17, 15) is 4.79 Å². The summed E-state index contributed by atoms with van der Waals surface area (Å²) in [4.78, 5) is 19.6. The Morgan fingerprint density at radius 1 is 1.23 bits per heavy atom. The second-order valence-electron chi connectivity index (χ2n) is 7.42. The molecule has 5 nitrogen and oxygen atoms in total. The largest absolute Gasteiger partial charge is 0.379 e. The molecule has 4 rings (SSSR count). The van der Waals surface area contributed by atoms with Crippen LogP contribution in [0.2, 0.25) is 0 Å². The second kappa shape index (κ2) is 9.83. The van der Waals surface area contributed by atoms with E-state index >= 15 is 0 Å². The van der Waals surface area contributed by atoms with E-state index in [0.29, 0.717) is 0 Å². The third kappa shape index (κ3) is 5.55. The van der Waals surface area contributed by atoms with E-state index < -0.39 is 0 Å². The van der Waals surface area contributed by atoms with E-state index in [1.54, 1.807) is 11.3 Å². The van der Waals surface area contributed by atoms with Crippen LogP contribution in [0.15, 0.2) is 52.3 Å². The molecular formula is C23H24BrN3O2S. The van der Waals surface area contributed by atoms with Crippen LogP contribution in [0, 0.1) is 6.92 Å². The van der Waals surface area contributed by atoms with Gasteiger partial charge >= 0.3 is 0 Å². The van der Waals surface area contributed by atoms with Crippen LogP contribution in [0.25, 0.3) is 10.6 Å². The predicted molar refractivity (Wildman–Crippen MR) is 125 cm³/mol. The molecule has 0 aliphatic carbocycles. The van der Waals surface area contributed by atoms with Crippen molar-refractivity contribution in [2.24, 2.45) is 0 Å². The number of aryl methyl sites for hydroxylation is 1. The molecule has 156 valence electrons. The Bertz CT molecular complexity index is 1030. The highest BCUT2D eigenvalue weighted by atomic mass is 79.9. The Morgan fingerprint density at radius 2 is 2.07 bits per heavy atom. The third-order valence-corrected chi connectivity index (χ3v) is 6.47. The molecule has 1 amide bonds. The van der Waals surface area contributed by atoms with Crippen LogP contribution in [0.4, 0.5) is 5.69 Å².